The first-order valence-electron chi connectivity index (χ1n) is 9.01. The molecule has 4 rings (SSSR count). The van der Waals surface area contributed by atoms with E-state index in [-0.39, 0.29) is 6.04 Å². The molecule has 2 fully saturated rings. The SMILES string of the molecule is O[C@H]1C[C@@H](c2ccc(F)c(F)c2)N(Cc2ccn(C3CCCC3)n2)C1. The molecule has 1 N–H and O–H groups in total. The van der Waals surface area contributed by atoms with Crippen LogP contribution in [0.2, 0.25) is 0 Å². The van der Waals surface area contributed by atoms with Crippen LogP contribution in [-0.2, 0) is 6.54 Å². The molecular weight excluding hydrogens is 324 g/mol. The zero-order valence-corrected chi connectivity index (χ0v) is 14.1. The number of hydrogen-bond acceptors (Lipinski definition) is 3. The molecule has 2 heterocycles. The molecule has 2 atom stereocenters. The minimum absolute atomic E-state index is 0.123. The number of benzene rings is 1. The number of rotatable bonds is 4. The summed E-state index contributed by atoms with van der Waals surface area (Å²) in [6.07, 6.45) is 6.98. The van der Waals surface area contributed by atoms with Crippen molar-refractivity contribution in [1.82, 2.24) is 14.7 Å². The van der Waals surface area contributed by atoms with E-state index in [2.05, 4.69) is 9.58 Å². The topological polar surface area (TPSA) is 41.3 Å². The summed E-state index contributed by atoms with van der Waals surface area (Å²) in [4.78, 5) is 2.10. The Morgan fingerprint density at radius 1 is 1.12 bits per heavy atom. The van der Waals surface area contributed by atoms with Crippen LogP contribution in [0.4, 0.5) is 8.78 Å². The third kappa shape index (κ3) is 3.46. The van der Waals surface area contributed by atoms with Crippen LogP contribution in [0.15, 0.2) is 30.5 Å². The van der Waals surface area contributed by atoms with Crippen LogP contribution in [-0.4, -0.2) is 32.4 Å². The molecule has 1 aromatic carbocycles. The molecule has 1 aliphatic carbocycles. The number of β-amino-alcohol motifs (C(OH)–C–C–N with tert-alkyl or cyclic N) is 1. The Morgan fingerprint density at radius 2 is 1.92 bits per heavy atom. The zero-order valence-electron chi connectivity index (χ0n) is 14.1. The van der Waals surface area contributed by atoms with Gasteiger partial charge in [-0.1, -0.05) is 18.9 Å². The van der Waals surface area contributed by atoms with Gasteiger partial charge >= 0.3 is 0 Å². The highest BCUT2D eigenvalue weighted by atomic mass is 19.2. The summed E-state index contributed by atoms with van der Waals surface area (Å²) in [6.45, 7) is 1.11. The molecule has 1 saturated carbocycles. The summed E-state index contributed by atoms with van der Waals surface area (Å²) in [5.41, 5.74) is 1.65. The van der Waals surface area contributed by atoms with E-state index in [1.165, 1.54) is 31.7 Å². The summed E-state index contributed by atoms with van der Waals surface area (Å²) < 4.78 is 28.9. The van der Waals surface area contributed by atoms with Gasteiger partial charge in [0.1, 0.15) is 0 Å². The molecule has 0 radical (unpaired) electrons. The minimum Gasteiger partial charge on any atom is -0.392 e. The normalized spacial score (nSPS) is 25.1. The molecule has 134 valence electrons. The predicted molar refractivity (Wildman–Crippen MR) is 89.9 cm³/mol. The van der Waals surface area contributed by atoms with Crippen molar-refractivity contribution in [2.75, 3.05) is 6.54 Å². The van der Waals surface area contributed by atoms with E-state index < -0.39 is 17.7 Å². The number of aliphatic hydroxyl groups is 1. The lowest BCUT2D eigenvalue weighted by Gasteiger charge is -2.23. The molecule has 2 aliphatic rings. The summed E-state index contributed by atoms with van der Waals surface area (Å²) in [7, 11) is 0. The first-order chi connectivity index (χ1) is 12.1. The van der Waals surface area contributed by atoms with Crippen molar-refractivity contribution >= 4 is 0 Å². The van der Waals surface area contributed by atoms with E-state index in [1.54, 1.807) is 6.07 Å². The zero-order chi connectivity index (χ0) is 17.4. The Kier molecular flexibility index (Phi) is 4.56. The highest BCUT2D eigenvalue weighted by Gasteiger charge is 2.33. The first-order valence-corrected chi connectivity index (χ1v) is 9.01. The number of aliphatic hydroxyl groups excluding tert-OH is 1. The van der Waals surface area contributed by atoms with E-state index in [1.807, 2.05) is 12.3 Å². The van der Waals surface area contributed by atoms with Crippen LogP contribution < -0.4 is 0 Å². The third-order valence-electron chi connectivity index (χ3n) is 5.44. The molecule has 0 spiro atoms. The molecule has 0 unspecified atom stereocenters. The molecule has 2 aromatic rings. The Labute approximate surface area is 146 Å². The van der Waals surface area contributed by atoms with Crippen LogP contribution in [0.3, 0.4) is 0 Å². The average Bonchev–Trinajstić information content (AvgIpc) is 3.31. The van der Waals surface area contributed by atoms with E-state index in [0.29, 0.717) is 31.1 Å². The fraction of sp³-hybridized carbons (Fsp3) is 0.526. The smallest absolute Gasteiger partial charge is 0.159 e. The summed E-state index contributed by atoms with van der Waals surface area (Å²) in [5, 5.41) is 14.8. The minimum atomic E-state index is -0.843. The first kappa shape index (κ1) is 16.7. The standard InChI is InChI=1S/C19H23F2N3O/c20-17-6-5-13(9-18(17)21)19-10-16(25)12-23(19)11-14-7-8-24(22-14)15-3-1-2-4-15/h5-9,15-16,19,25H,1-4,10-12H2/t16-,19-/m0/s1. The average molecular weight is 347 g/mol. The van der Waals surface area contributed by atoms with Gasteiger partial charge in [0.15, 0.2) is 11.6 Å². The summed E-state index contributed by atoms with van der Waals surface area (Å²) in [6, 6.07) is 6.39. The molecule has 1 aromatic heterocycles. The van der Waals surface area contributed by atoms with Crippen LogP contribution in [0, 0.1) is 11.6 Å². The van der Waals surface area contributed by atoms with Gasteiger partial charge < -0.3 is 5.11 Å². The van der Waals surface area contributed by atoms with E-state index in [4.69, 9.17) is 5.10 Å². The van der Waals surface area contributed by atoms with Gasteiger partial charge in [-0.3, -0.25) is 9.58 Å². The van der Waals surface area contributed by atoms with Gasteiger partial charge in [0.2, 0.25) is 0 Å². The maximum absolute atomic E-state index is 13.6. The fourth-order valence-corrected chi connectivity index (χ4v) is 4.16. The van der Waals surface area contributed by atoms with Gasteiger partial charge in [-0.05, 0) is 43.0 Å². The maximum Gasteiger partial charge on any atom is 0.159 e. The molecule has 4 nitrogen and oxygen atoms in total. The summed E-state index contributed by atoms with van der Waals surface area (Å²) >= 11 is 0. The van der Waals surface area contributed by atoms with Gasteiger partial charge in [-0.2, -0.15) is 5.10 Å². The number of likely N-dealkylation sites (tertiary alicyclic amines) is 1. The van der Waals surface area contributed by atoms with Crippen LogP contribution >= 0.6 is 0 Å². The fourth-order valence-electron chi connectivity index (χ4n) is 4.16. The molecule has 1 aliphatic heterocycles. The van der Waals surface area contributed by atoms with Crippen molar-refractivity contribution in [3.05, 3.63) is 53.4 Å². The largest absolute Gasteiger partial charge is 0.392 e. The van der Waals surface area contributed by atoms with E-state index in [9.17, 15) is 13.9 Å². The Hall–Kier alpha value is -1.79. The van der Waals surface area contributed by atoms with Crippen molar-refractivity contribution in [3.63, 3.8) is 0 Å². The maximum atomic E-state index is 13.6. The molecule has 0 amide bonds. The second kappa shape index (κ2) is 6.84. The highest BCUT2D eigenvalue weighted by molar-refractivity contribution is 5.23. The second-order valence-electron chi connectivity index (χ2n) is 7.23. The lowest BCUT2D eigenvalue weighted by atomic mass is 10.0. The number of nitrogens with zero attached hydrogens (tertiary/aromatic N) is 3. The third-order valence-corrected chi connectivity index (χ3v) is 5.44. The van der Waals surface area contributed by atoms with Crippen LogP contribution in [0.1, 0.15) is 55.4 Å². The molecule has 25 heavy (non-hydrogen) atoms. The molecular formula is C19H23F2N3O. The Balaban J connectivity index is 1.50. The molecule has 1 saturated heterocycles. The predicted octanol–water partition coefficient (Wildman–Crippen LogP) is 3.58. The Bertz CT molecular complexity index is 742. The quantitative estimate of drug-likeness (QED) is 0.919. The van der Waals surface area contributed by atoms with E-state index in [0.717, 1.165) is 11.8 Å². The Morgan fingerprint density at radius 3 is 2.68 bits per heavy atom. The lowest BCUT2D eigenvalue weighted by Crippen LogP contribution is -2.25. The summed E-state index contributed by atoms with van der Waals surface area (Å²) in [5.74, 6) is -1.69. The number of hydrogen-bond donors (Lipinski definition) is 1. The number of halogens is 2. The second-order valence-corrected chi connectivity index (χ2v) is 7.23. The van der Waals surface area contributed by atoms with Crippen LogP contribution in [0.25, 0.3) is 0 Å². The van der Waals surface area contributed by atoms with Crippen molar-refractivity contribution in [1.29, 1.82) is 0 Å². The van der Waals surface area contributed by atoms with Crippen molar-refractivity contribution < 1.29 is 13.9 Å². The monoisotopic (exact) mass is 347 g/mol. The van der Waals surface area contributed by atoms with Gasteiger partial charge in [0.25, 0.3) is 0 Å². The van der Waals surface area contributed by atoms with Crippen molar-refractivity contribution in [3.8, 4) is 0 Å². The van der Waals surface area contributed by atoms with Crippen molar-refractivity contribution in [2.45, 2.75) is 56.8 Å². The van der Waals surface area contributed by atoms with Crippen LogP contribution in [0.5, 0.6) is 0 Å². The van der Waals surface area contributed by atoms with E-state index >= 15 is 0 Å². The molecule has 0 bridgehead atoms. The van der Waals surface area contributed by atoms with Gasteiger partial charge in [0, 0.05) is 25.3 Å². The van der Waals surface area contributed by atoms with Gasteiger partial charge in [-0.15, -0.1) is 0 Å². The highest BCUT2D eigenvalue weighted by Crippen LogP contribution is 2.34. The lowest BCUT2D eigenvalue weighted by molar-refractivity contribution is 0.172. The van der Waals surface area contributed by atoms with Gasteiger partial charge in [0.05, 0.1) is 17.8 Å². The number of aromatic nitrogens is 2. The van der Waals surface area contributed by atoms with Gasteiger partial charge in [-0.25, -0.2) is 8.78 Å². The molecule has 6 heteroatoms. The van der Waals surface area contributed by atoms with Crippen molar-refractivity contribution in [2.24, 2.45) is 0 Å².